The van der Waals surface area contributed by atoms with Gasteiger partial charge in [-0.15, -0.1) is 0 Å². The normalized spacial score (nSPS) is 16.8. The first-order valence-corrected chi connectivity index (χ1v) is 13.1. The highest BCUT2D eigenvalue weighted by molar-refractivity contribution is 5.99. The maximum Gasteiger partial charge on any atom is 0.340 e. The summed E-state index contributed by atoms with van der Waals surface area (Å²) < 4.78 is 11.3. The quantitative estimate of drug-likeness (QED) is 0.235. The summed E-state index contributed by atoms with van der Waals surface area (Å²) in [6, 6.07) is 35.3. The lowest BCUT2D eigenvalue weighted by Crippen LogP contribution is -2.33. The van der Waals surface area contributed by atoms with Crippen molar-refractivity contribution in [1.82, 2.24) is 8.97 Å². The number of rotatable bonds is 4. The average Bonchev–Trinajstić information content (AvgIpc) is 3.58. The average molecular weight is 497 g/mol. The molecule has 3 aromatic heterocycles. The second kappa shape index (κ2) is 8.22. The second-order valence-corrected chi connectivity index (χ2v) is 10.0. The molecule has 0 amide bonds. The van der Waals surface area contributed by atoms with Crippen LogP contribution in [0.25, 0.3) is 27.5 Å². The molecule has 3 aromatic carbocycles. The van der Waals surface area contributed by atoms with Crippen LogP contribution in [0.1, 0.15) is 45.5 Å². The molecule has 1 atom stereocenters. The maximum absolute atomic E-state index is 13.7. The van der Waals surface area contributed by atoms with E-state index in [9.17, 15) is 4.79 Å². The van der Waals surface area contributed by atoms with Crippen molar-refractivity contribution >= 4 is 22.4 Å². The molecule has 0 spiro atoms. The molecule has 0 bridgehead atoms. The van der Waals surface area contributed by atoms with Gasteiger partial charge in [0, 0.05) is 51.0 Å². The molecule has 0 saturated carbocycles. The minimum absolute atomic E-state index is 0.295. The van der Waals surface area contributed by atoms with Gasteiger partial charge in [-0.2, -0.15) is 0 Å². The fourth-order valence-corrected chi connectivity index (χ4v) is 6.56. The number of carbonyl (C=O) groups is 1. The molecule has 7 rings (SSSR count). The van der Waals surface area contributed by atoms with Gasteiger partial charge in [-0.05, 0) is 56.7 Å². The number of pyridine rings is 1. The molecule has 0 radical (unpaired) electrons. The van der Waals surface area contributed by atoms with E-state index in [2.05, 4.69) is 109 Å². The van der Waals surface area contributed by atoms with Crippen molar-refractivity contribution in [2.75, 3.05) is 0 Å². The summed E-state index contributed by atoms with van der Waals surface area (Å²) in [5.74, 6) is -0.295. The van der Waals surface area contributed by atoms with Crippen LogP contribution in [-0.4, -0.2) is 14.9 Å². The van der Waals surface area contributed by atoms with E-state index in [0.717, 1.165) is 62.3 Å². The number of esters is 1. The SMILES string of the molecule is CCn1c(C)c(C2(c3c(-c4ccccc4)cc4cccc(C)n34)OC(=O)c3ccccc32)c2ccccc21. The molecule has 4 nitrogen and oxygen atoms in total. The van der Waals surface area contributed by atoms with Gasteiger partial charge < -0.3 is 13.7 Å². The molecule has 0 fully saturated rings. The van der Waals surface area contributed by atoms with Crippen LogP contribution >= 0.6 is 0 Å². The van der Waals surface area contributed by atoms with Crippen molar-refractivity contribution < 1.29 is 9.53 Å². The van der Waals surface area contributed by atoms with Gasteiger partial charge in [-0.1, -0.05) is 72.8 Å². The number of aromatic nitrogens is 2. The maximum atomic E-state index is 13.7. The van der Waals surface area contributed by atoms with Crippen molar-refractivity contribution in [1.29, 1.82) is 0 Å². The van der Waals surface area contributed by atoms with E-state index in [1.165, 1.54) is 0 Å². The number of para-hydroxylation sites is 1. The summed E-state index contributed by atoms with van der Waals surface area (Å²) in [6.07, 6.45) is 0. The molecular formula is C34H28N2O2. The predicted molar refractivity (Wildman–Crippen MR) is 152 cm³/mol. The van der Waals surface area contributed by atoms with Gasteiger partial charge in [-0.3, -0.25) is 0 Å². The first-order chi connectivity index (χ1) is 18.6. The molecule has 1 aliphatic rings. The number of hydrogen-bond donors (Lipinski definition) is 0. The van der Waals surface area contributed by atoms with Gasteiger partial charge in [-0.25, -0.2) is 4.79 Å². The molecule has 1 unspecified atom stereocenters. The fraction of sp³-hybridized carbons (Fsp3) is 0.147. The summed E-state index contributed by atoms with van der Waals surface area (Å²) >= 11 is 0. The lowest BCUT2D eigenvalue weighted by Gasteiger charge is -2.32. The monoisotopic (exact) mass is 496 g/mol. The first kappa shape index (κ1) is 22.6. The molecular weight excluding hydrogens is 468 g/mol. The third-order valence-electron chi connectivity index (χ3n) is 8.08. The fourth-order valence-electron chi connectivity index (χ4n) is 6.56. The van der Waals surface area contributed by atoms with Crippen molar-refractivity contribution in [2.24, 2.45) is 0 Å². The highest BCUT2D eigenvalue weighted by Crippen LogP contribution is 2.53. The van der Waals surface area contributed by atoms with Gasteiger partial charge in [0.05, 0.1) is 11.3 Å². The number of aryl methyl sites for hydroxylation is 2. The van der Waals surface area contributed by atoms with Gasteiger partial charge in [0.1, 0.15) is 0 Å². The Bertz CT molecular complexity index is 1880. The molecule has 0 N–H and O–H groups in total. The topological polar surface area (TPSA) is 35.6 Å². The van der Waals surface area contributed by atoms with Crippen molar-refractivity contribution in [2.45, 2.75) is 32.9 Å². The predicted octanol–water partition coefficient (Wildman–Crippen LogP) is 7.66. The molecule has 38 heavy (non-hydrogen) atoms. The summed E-state index contributed by atoms with van der Waals surface area (Å²) in [5.41, 5.74) is 8.86. The van der Waals surface area contributed by atoms with Crippen LogP contribution in [0, 0.1) is 13.8 Å². The van der Waals surface area contributed by atoms with Crippen molar-refractivity contribution in [3.05, 3.63) is 137 Å². The van der Waals surface area contributed by atoms with Crippen molar-refractivity contribution in [3.8, 4) is 11.1 Å². The summed E-state index contributed by atoms with van der Waals surface area (Å²) in [6.45, 7) is 7.25. The number of benzene rings is 3. The van der Waals surface area contributed by atoms with Gasteiger partial charge in [0.2, 0.25) is 5.60 Å². The van der Waals surface area contributed by atoms with E-state index in [1.807, 2.05) is 24.3 Å². The molecule has 4 heteroatoms. The number of hydrogen-bond acceptors (Lipinski definition) is 2. The van der Waals surface area contributed by atoms with Crippen LogP contribution in [-0.2, 0) is 16.9 Å². The smallest absolute Gasteiger partial charge is 0.340 e. The number of fused-ring (bicyclic) bond motifs is 3. The Balaban J connectivity index is 1.74. The van der Waals surface area contributed by atoms with Gasteiger partial charge in [0.25, 0.3) is 0 Å². The highest BCUT2D eigenvalue weighted by atomic mass is 16.6. The lowest BCUT2D eigenvalue weighted by molar-refractivity contribution is 0.0240. The Morgan fingerprint density at radius 2 is 1.53 bits per heavy atom. The van der Waals surface area contributed by atoms with E-state index < -0.39 is 5.60 Å². The molecule has 0 aliphatic carbocycles. The number of nitrogens with zero attached hydrogens (tertiary/aromatic N) is 2. The molecule has 6 aromatic rings. The molecule has 4 heterocycles. The molecule has 186 valence electrons. The third-order valence-corrected chi connectivity index (χ3v) is 8.08. The van der Waals surface area contributed by atoms with Crippen LogP contribution < -0.4 is 0 Å². The zero-order valence-corrected chi connectivity index (χ0v) is 21.7. The molecule has 0 saturated heterocycles. The Hall–Kier alpha value is -4.57. The van der Waals surface area contributed by atoms with Gasteiger partial charge >= 0.3 is 5.97 Å². The number of carbonyl (C=O) groups excluding carboxylic acids is 1. The molecule has 1 aliphatic heterocycles. The lowest BCUT2D eigenvalue weighted by atomic mass is 9.79. The largest absolute Gasteiger partial charge is 0.439 e. The Kier molecular flexibility index (Phi) is 4.89. The van der Waals surface area contributed by atoms with E-state index in [-0.39, 0.29) is 5.97 Å². The van der Waals surface area contributed by atoms with E-state index in [0.29, 0.717) is 5.56 Å². The van der Waals surface area contributed by atoms with Crippen LogP contribution in [0.2, 0.25) is 0 Å². The zero-order valence-electron chi connectivity index (χ0n) is 21.7. The minimum atomic E-state index is -1.14. The van der Waals surface area contributed by atoms with Crippen LogP contribution in [0.5, 0.6) is 0 Å². The highest BCUT2D eigenvalue weighted by Gasteiger charge is 2.53. The van der Waals surface area contributed by atoms with Crippen LogP contribution in [0.3, 0.4) is 0 Å². The number of ether oxygens (including phenoxy) is 1. The first-order valence-electron chi connectivity index (χ1n) is 13.1. The zero-order chi connectivity index (χ0) is 26.0. The summed E-state index contributed by atoms with van der Waals surface area (Å²) in [4.78, 5) is 13.7. The minimum Gasteiger partial charge on any atom is -0.439 e. The Morgan fingerprint density at radius 3 is 2.34 bits per heavy atom. The third kappa shape index (κ3) is 2.89. The van der Waals surface area contributed by atoms with Crippen LogP contribution in [0.4, 0.5) is 0 Å². The summed E-state index contributed by atoms with van der Waals surface area (Å²) in [7, 11) is 0. The van der Waals surface area contributed by atoms with E-state index in [4.69, 9.17) is 4.74 Å². The van der Waals surface area contributed by atoms with Crippen molar-refractivity contribution in [3.63, 3.8) is 0 Å². The van der Waals surface area contributed by atoms with Crippen LogP contribution in [0.15, 0.2) is 103 Å². The Labute approximate surface area is 221 Å². The van der Waals surface area contributed by atoms with E-state index in [1.54, 1.807) is 0 Å². The van der Waals surface area contributed by atoms with Gasteiger partial charge in [0.15, 0.2) is 0 Å². The summed E-state index contributed by atoms with van der Waals surface area (Å²) in [5, 5.41) is 1.10. The Morgan fingerprint density at radius 1 is 0.789 bits per heavy atom. The second-order valence-electron chi connectivity index (χ2n) is 10.0. The standard InChI is InChI=1S/C34H28N2O2/c1-4-35-23(3)31(27-18-9-11-20-30(27)35)34(29-19-10-8-17-26(29)33(37)38-34)32-28(24-14-6-5-7-15-24)21-25-16-12-13-22(2)36(25)32/h5-21H,4H2,1-3H3. The number of cyclic esters (lactones) is 1. The van der Waals surface area contributed by atoms with E-state index >= 15 is 0 Å².